The number of nitrogens with one attached hydrogen (secondary N) is 1. The van der Waals surface area contributed by atoms with Crippen LogP contribution in [0.15, 0.2) is 0 Å². The molecular weight excluding hydrogens is 170 g/mol. The number of carbonyl (C=O) groups is 2. The van der Waals surface area contributed by atoms with Crippen molar-refractivity contribution in [3.8, 4) is 0 Å². The van der Waals surface area contributed by atoms with Crippen LogP contribution in [0.5, 0.6) is 0 Å². The molecule has 0 aliphatic carbocycles. The molecule has 0 radical (unpaired) electrons. The standard InChI is InChI=1S/C8H15N3O2/c9-7(12)8(13)10-3-1-2-4-11-5-6-11/h1-6H2,(H2,9,12)(H,10,13). The van der Waals surface area contributed by atoms with E-state index in [9.17, 15) is 9.59 Å². The summed E-state index contributed by atoms with van der Waals surface area (Å²) in [6.45, 7) is 4.03. The summed E-state index contributed by atoms with van der Waals surface area (Å²) in [4.78, 5) is 23.3. The highest BCUT2D eigenvalue weighted by Crippen LogP contribution is 2.04. The predicted octanol–water partition coefficient (Wildman–Crippen LogP) is -1.32. The summed E-state index contributed by atoms with van der Waals surface area (Å²) in [7, 11) is 0. The maximum atomic E-state index is 10.7. The lowest BCUT2D eigenvalue weighted by atomic mass is 10.3. The zero-order valence-corrected chi connectivity index (χ0v) is 7.58. The summed E-state index contributed by atoms with van der Waals surface area (Å²) in [5.41, 5.74) is 4.75. The van der Waals surface area contributed by atoms with E-state index >= 15 is 0 Å². The first-order valence-corrected chi connectivity index (χ1v) is 4.50. The van der Waals surface area contributed by atoms with Crippen LogP contribution in [0.2, 0.25) is 0 Å². The van der Waals surface area contributed by atoms with E-state index < -0.39 is 11.8 Å². The summed E-state index contributed by atoms with van der Waals surface area (Å²) in [5.74, 6) is -1.60. The fourth-order valence-corrected chi connectivity index (χ4v) is 1.04. The van der Waals surface area contributed by atoms with E-state index in [0.717, 1.165) is 19.4 Å². The minimum absolute atomic E-state index is 0.537. The second kappa shape index (κ2) is 4.81. The number of rotatable bonds is 5. The fourth-order valence-electron chi connectivity index (χ4n) is 1.04. The van der Waals surface area contributed by atoms with Gasteiger partial charge in [-0.3, -0.25) is 9.59 Å². The Kier molecular flexibility index (Phi) is 3.70. The van der Waals surface area contributed by atoms with Crippen molar-refractivity contribution in [3.05, 3.63) is 0 Å². The molecule has 0 spiro atoms. The van der Waals surface area contributed by atoms with Crippen molar-refractivity contribution in [1.82, 2.24) is 10.2 Å². The molecule has 13 heavy (non-hydrogen) atoms. The molecule has 3 N–H and O–H groups in total. The van der Waals surface area contributed by atoms with Gasteiger partial charge < -0.3 is 16.0 Å². The Morgan fingerprint density at radius 2 is 2.00 bits per heavy atom. The highest BCUT2D eigenvalue weighted by Gasteiger charge is 2.15. The van der Waals surface area contributed by atoms with Crippen molar-refractivity contribution < 1.29 is 9.59 Å². The zero-order chi connectivity index (χ0) is 9.68. The number of nitrogens with zero attached hydrogens (tertiary/aromatic N) is 1. The van der Waals surface area contributed by atoms with Crippen LogP contribution in [0.3, 0.4) is 0 Å². The van der Waals surface area contributed by atoms with Crippen LogP contribution in [0, 0.1) is 0 Å². The molecule has 1 aliphatic rings. The quantitative estimate of drug-likeness (QED) is 0.317. The largest absolute Gasteiger partial charge is 0.361 e. The van der Waals surface area contributed by atoms with E-state index in [1.807, 2.05) is 0 Å². The second-order valence-electron chi connectivity index (χ2n) is 3.17. The molecule has 0 unspecified atom stereocenters. The molecule has 1 aliphatic heterocycles. The van der Waals surface area contributed by atoms with Crippen LogP contribution < -0.4 is 11.1 Å². The van der Waals surface area contributed by atoms with Crippen molar-refractivity contribution in [2.24, 2.45) is 5.73 Å². The summed E-state index contributed by atoms with van der Waals surface area (Å²) in [5, 5.41) is 2.44. The maximum Gasteiger partial charge on any atom is 0.309 e. The SMILES string of the molecule is NC(=O)C(=O)NCCCCN1CC1. The van der Waals surface area contributed by atoms with E-state index in [1.165, 1.54) is 13.1 Å². The Bertz CT molecular complexity index is 202. The second-order valence-corrected chi connectivity index (χ2v) is 3.17. The summed E-state index contributed by atoms with van der Waals surface area (Å²) >= 11 is 0. The Morgan fingerprint density at radius 3 is 2.54 bits per heavy atom. The van der Waals surface area contributed by atoms with Gasteiger partial charge in [-0.05, 0) is 19.4 Å². The molecule has 2 amide bonds. The van der Waals surface area contributed by atoms with Crippen molar-refractivity contribution in [2.75, 3.05) is 26.2 Å². The van der Waals surface area contributed by atoms with Crippen molar-refractivity contribution >= 4 is 11.8 Å². The lowest BCUT2D eigenvalue weighted by Crippen LogP contribution is -2.36. The van der Waals surface area contributed by atoms with Gasteiger partial charge in [-0.15, -0.1) is 0 Å². The van der Waals surface area contributed by atoms with Gasteiger partial charge in [0.1, 0.15) is 0 Å². The lowest BCUT2D eigenvalue weighted by molar-refractivity contribution is -0.137. The summed E-state index contributed by atoms with van der Waals surface area (Å²) in [6.07, 6.45) is 1.95. The number of hydrogen-bond donors (Lipinski definition) is 2. The van der Waals surface area contributed by atoms with Gasteiger partial charge in [0.05, 0.1) is 0 Å². The molecule has 74 valence electrons. The predicted molar refractivity (Wildman–Crippen MR) is 47.9 cm³/mol. The molecule has 0 bridgehead atoms. The van der Waals surface area contributed by atoms with Crippen LogP contribution in [0.4, 0.5) is 0 Å². The molecule has 1 rings (SSSR count). The number of carbonyl (C=O) groups excluding carboxylic acids is 2. The highest BCUT2D eigenvalue weighted by molar-refractivity contribution is 6.34. The smallest absolute Gasteiger partial charge is 0.309 e. The number of unbranched alkanes of at least 4 members (excludes halogenated alkanes) is 1. The van der Waals surface area contributed by atoms with Crippen molar-refractivity contribution in [2.45, 2.75) is 12.8 Å². The lowest BCUT2D eigenvalue weighted by Gasteiger charge is -2.02. The van der Waals surface area contributed by atoms with Crippen LogP contribution >= 0.6 is 0 Å². The maximum absolute atomic E-state index is 10.7. The molecule has 0 saturated carbocycles. The summed E-state index contributed by atoms with van der Waals surface area (Å²) in [6, 6.07) is 0. The van der Waals surface area contributed by atoms with Gasteiger partial charge in [-0.25, -0.2) is 0 Å². The minimum Gasteiger partial charge on any atom is -0.361 e. The summed E-state index contributed by atoms with van der Waals surface area (Å²) < 4.78 is 0. The van der Waals surface area contributed by atoms with Gasteiger partial charge in [0.15, 0.2) is 0 Å². The molecule has 1 heterocycles. The molecule has 5 nitrogen and oxygen atoms in total. The van der Waals surface area contributed by atoms with Crippen LogP contribution in [0.25, 0.3) is 0 Å². The van der Waals surface area contributed by atoms with E-state index in [4.69, 9.17) is 5.73 Å². The molecular formula is C8H15N3O2. The molecule has 0 aromatic heterocycles. The number of amides is 2. The third-order valence-electron chi connectivity index (χ3n) is 1.95. The number of hydrogen-bond acceptors (Lipinski definition) is 3. The third-order valence-corrected chi connectivity index (χ3v) is 1.95. The van der Waals surface area contributed by atoms with Crippen LogP contribution in [-0.4, -0.2) is 42.9 Å². The van der Waals surface area contributed by atoms with Gasteiger partial charge in [-0.2, -0.15) is 0 Å². The van der Waals surface area contributed by atoms with E-state index in [-0.39, 0.29) is 0 Å². The van der Waals surface area contributed by atoms with Gasteiger partial charge in [0.2, 0.25) is 0 Å². The monoisotopic (exact) mass is 185 g/mol. The molecule has 5 heteroatoms. The third kappa shape index (κ3) is 4.47. The van der Waals surface area contributed by atoms with Crippen molar-refractivity contribution in [1.29, 1.82) is 0 Å². The van der Waals surface area contributed by atoms with E-state index in [0.29, 0.717) is 6.54 Å². The zero-order valence-electron chi connectivity index (χ0n) is 7.58. The first-order valence-electron chi connectivity index (χ1n) is 4.50. The average molecular weight is 185 g/mol. The Balaban J connectivity index is 1.87. The van der Waals surface area contributed by atoms with Gasteiger partial charge in [-0.1, -0.05) is 0 Å². The number of nitrogens with two attached hydrogens (primary N) is 1. The molecule has 0 atom stereocenters. The Morgan fingerprint density at radius 1 is 1.31 bits per heavy atom. The first kappa shape index (κ1) is 9.98. The first-order chi connectivity index (χ1) is 6.20. The highest BCUT2D eigenvalue weighted by atomic mass is 16.2. The number of primary amides is 1. The average Bonchev–Trinajstić information content (AvgIpc) is 2.87. The fraction of sp³-hybridized carbons (Fsp3) is 0.750. The van der Waals surface area contributed by atoms with Gasteiger partial charge >= 0.3 is 11.8 Å². The Hall–Kier alpha value is -1.10. The normalized spacial score (nSPS) is 15.4. The minimum atomic E-state index is -0.911. The van der Waals surface area contributed by atoms with Crippen LogP contribution in [-0.2, 0) is 9.59 Å². The van der Waals surface area contributed by atoms with Gasteiger partial charge in [0, 0.05) is 19.6 Å². The molecule has 0 aromatic carbocycles. The molecule has 0 aromatic rings. The molecule has 1 fully saturated rings. The van der Waals surface area contributed by atoms with Crippen molar-refractivity contribution in [3.63, 3.8) is 0 Å². The van der Waals surface area contributed by atoms with Gasteiger partial charge in [0.25, 0.3) is 0 Å². The molecule has 1 saturated heterocycles. The van der Waals surface area contributed by atoms with E-state index in [1.54, 1.807) is 0 Å². The topological polar surface area (TPSA) is 75.2 Å². The van der Waals surface area contributed by atoms with E-state index in [2.05, 4.69) is 10.2 Å². The van der Waals surface area contributed by atoms with Crippen LogP contribution in [0.1, 0.15) is 12.8 Å². The Labute approximate surface area is 77.3 Å².